The fraction of sp³-hybridized carbons (Fsp3) is 0.176. The minimum atomic E-state index is -4.42. The van der Waals surface area contributed by atoms with E-state index in [1.165, 1.54) is 19.2 Å². The first-order chi connectivity index (χ1) is 11.3. The van der Waals surface area contributed by atoms with Crippen molar-refractivity contribution in [2.75, 3.05) is 7.11 Å². The average Bonchev–Trinajstić information content (AvgIpc) is 2.58. The predicted molar refractivity (Wildman–Crippen MR) is 87.8 cm³/mol. The summed E-state index contributed by atoms with van der Waals surface area (Å²) in [5.41, 5.74) is 0.676. The van der Waals surface area contributed by atoms with Crippen LogP contribution in [0.5, 0.6) is 0 Å². The molecule has 126 valence electrons. The second-order valence-electron chi connectivity index (χ2n) is 4.95. The number of halogens is 3. The summed E-state index contributed by atoms with van der Waals surface area (Å²) in [7, 11) is 1.29. The molecule has 3 nitrogen and oxygen atoms in total. The predicted octanol–water partition coefficient (Wildman–Crippen LogP) is 3.96. The number of methoxy groups -OCH3 is 1. The summed E-state index contributed by atoms with van der Waals surface area (Å²) >= 11 is 5.14. The fourth-order valence-corrected chi connectivity index (χ4v) is 2.25. The molecule has 0 aliphatic heterocycles. The Morgan fingerprint density at radius 1 is 1.12 bits per heavy atom. The molecule has 0 radical (unpaired) electrons. The van der Waals surface area contributed by atoms with Crippen LogP contribution < -0.4 is 5.32 Å². The Balaban J connectivity index is 2.07. The molecule has 0 aliphatic rings. The highest BCUT2D eigenvalue weighted by Gasteiger charge is 2.30. The third kappa shape index (κ3) is 4.55. The summed E-state index contributed by atoms with van der Waals surface area (Å²) in [5, 5.41) is 2.89. The molecule has 24 heavy (non-hydrogen) atoms. The monoisotopic (exact) mass is 353 g/mol. The van der Waals surface area contributed by atoms with E-state index < -0.39 is 17.7 Å². The zero-order valence-corrected chi connectivity index (χ0v) is 13.5. The number of carbonyl (C=O) groups excluding carboxylic acids is 1. The molecule has 2 aromatic carbocycles. The number of benzene rings is 2. The van der Waals surface area contributed by atoms with Crippen molar-refractivity contribution in [1.82, 2.24) is 5.32 Å². The van der Waals surface area contributed by atoms with Gasteiger partial charge in [0.15, 0.2) is 0 Å². The number of hydrogen-bond acceptors (Lipinski definition) is 3. The van der Waals surface area contributed by atoms with E-state index in [0.29, 0.717) is 5.56 Å². The number of esters is 1. The number of ether oxygens (including phenoxy) is 1. The fourth-order valence-electron chi connectivity index (χ4n) is 2.05. The van der Waals surface area contributed by atoms with Gasteiger partial charge >= 0.3 is 12.1 Å². The van der Waals surface area contributed by atoms with Crippen LogP contribution in [-0.2, 0) is 17.5 Å². The third-order valence-electron chi connectivity index (χ3n) is 3.25. The lowest BCUT2D eigenvalue weighted by Gasteiger charge is -2.11. The Bertz CT molecular complexity index is 759. The Morgan fingerprint density at radius 2 is 1.79 bits per heavy atom. The maximum atomic E-state index is 12.7. The Kier molecular flexibility index (Phi) is 5.56. The van der Waals surface area contributed by atoms with E-state index in [1.54, 1.807) is 24.3 Å². The van der Waals surface area contributed by atoms with Gasteiger partial charge in [-0.25, -0.2) is 4.79 Å². The molecule has 2 rings (SSSR count). The highest BCUT2D eigenvalue weighted by atomic mass is 32.1. The summed E-state index contributed by atoms with van der Waals surface area (Å²) in [6.45, 7) is 0.278. The van der Waals surface area contributed by atoms with Gasteiger partial charge in [0, 0.05) is 12.1 Å². The Labute approximate surface area is 142 Å². The number of nitrogens with one attached hydrogen (secondary N) is 1. The van der Waals surface area contributed by atoms with Crippen molar-refractivity contribution in [2.45, 2.75) is 12.7 Å². The first kappa shape index (κ1) is 17.9. The average molecular weight is 353 g/mol. The number of hydrogen-bond donors (Lipinski definition) is 1. The molecule has 1 N–H and O–H groups in total. The van der Waals surface area contributed by atoms with E-state index in [4.69, 9.17) is 12.2 Å². The van der Waals surface area contributed by atoms with Crippen molar-refractivity contribution in [3.8, 4) is 0 Å². The number of alkyl halides is 3. The summed E-state index contributed by atoms with van der Waals surface area (Å²) in [6, 6.07) is 11.5. The molecular weight excluding hydrogens is 339 g/mol. The maximum Gasteiger partial charge on any atom is 0.416 e. The normalized spacial score (nSPS) is 11.0. The topological polar surface area (TPSA) is 38.3 Å². The van der Waals surface area contributed by atoms with Gasteiger partial charge in [0.1, 0.15) is 4.99 Å². The summed E-state index contributed by atoms with van der Waals surface area (Å²) in [6.07, 6.45) is -4.42. The van der Waals surface area contributed by atoms with Crippen LogP contribution in [0.3, 0.4) is 0 Å². The van der Waals surface area contributed by atoms with Crippen LogP contribution in [-0.4, -0.2) is 18.1 Å². The van der Waals surface area contributed by atoms with Gasteiger partial charge in [-0.1, -0.05) is 36.5 Å². The van der Waals surface area contributed by atoms with Gasteiger partial charge < -0.3 is 10.1 Å². The van der Waals surface area contributed by atoms with Crippen molar-refractivity contribution in [3.05, 3.63) is 70.8 Å². The van der Waals surface area contributed by atoms with Gasteiger partial charge in [0.25, 0.3) is 0 Å². The van der Waals surface area contributed by atoms with Gasteiger partial charge in [-0.05, 0) is 29.8 Å². The van der Waals surface area contributed by atoms with E-state index in [1.807, 2.05) is 0 Å². The van der Waals surface area contributed by atoms with E-state index in [9.17, 15) is 18.0 Å². The molecule has 0 saturated heterocycles. The van der Waals surface area contributed by atoms with Gasteiger partial charge in [-0.3, -0.25) is 0 Å². The van der Waals surface area contributed by atoms with Crippen molar-refractivity contribution in [3.63, 3.8) is 0 Å². The molecule has 2 aromatic rings. The number of carbonyl (C=O) groups is 1. The molecular formula is C17H14F3NO2S. The summed E-state index contributed by atoms with van der Waals surface area (Å²) < 4.78 is 42.8. The molecule has 0 bridgehead atoms. The van der Waals surface area contributed by atoms with Crippen LogP contribution in [0.2, 0.25) is 0 Å². The van der Waals surface area contributed by atoms with Crippen LogP contribution in [0, 0.1) is 0 Å². The zero-order valence-electron chi connectivity index (χ0n) is 12.7. The second kappa shape index (κ2) is 7.44. The van der Waals surface area contributed by atoms with Crippen LogP contribution in [0.15, 0.2) is 48.5 Å². The molecule has 0 amide bonds. The van der Waals surface area contributed by atoms with Crippen molar-refractivity contribution >= 4 is 23.2 Å². The van der Waals surface area contributed by atoms with Gasteiger partial charge in [0.2, 0.25) is 0 Å². The molecule has 0 heterocycles. The van der Waals surface area contributed by atoms with Gasteiger partial charge in [-0.2, -0.15) is 13.2 Å². The minimum absolute atomic E-state index is 0.199. The lowest BCUT2D eigenvalue weighted by Crippen LogP contribution is -2.22. The van der Waals surface area contributed by atoms with E-state index in [-0.39, 0.29) is 17.1 Å². The molecule has 7 heteroatoms. The van der Waals surface area contributed by atoms with E-state index in [0.717, 1.165) is 17.7 Å². The number of thiocarbonyl (C=S) groups is 1. The first-order valence-electron chi connectivity index (χ1n) is 6.94. The highest BCUT2D eigenvalue weighted by molar-refractivity contribution is 7.80. The minimum Gasteiger partial charge on any atom is -0.465 e. The summed E-state index contributed by atoms with van der Waals surface area (Å²) in [4.78, 5) is 11.7. The molecule has 0 atom stereocenters. The van der Waals surface area contributed by atoms with Crippen LogP contribution in [0.1, 0.15) is 27.0 Å². The zero-order chi connectivity index (χ0) is 17.7. The Morgan fingerprint density at radius 3 is 2.46 bits per heavy atom. The molecule has 0 aromatic heterocycles. The lowest BCUT2D eigenvalue weighted by molar-refractivity contribution is -0.137. The molecule has 0 spiro atoms. The van der Waals surface area contributed by atoms with Crippen molar-refractivity contribution in [2.24, 2.45) is 0 Å². The maximum absolute atomic E-state index is 12.7. The van der Waals surface area contributed by atoms with Crippen molar-refractivity contribution in [1.29, 1.82) is 0 Å². The third-order valence-corrected chi connectivity index (χ3v) is 3.63. The van der Waals surface area contributed by atoms with E-state index >= 15 is 0 Å². The molecule has 0 fully saturated rings. The molecule has 0 aliphatic carbocycles. The Hall–Kier alpha value is -2.41. The SMILES string of the molecule is COC(=O)c1cccc(CNC(=S)c2cccc(C(F)(F)F)c2)c1. The van der Waals surface area contributed by atoms with Crippen LogP contribution in [0.4, 0.5) is 13.2 Å². The van der Waals surface area contributed by atoms with Gasteiger partial charge in [0.05, 0.1) is 18.2 Å². The standard InChI is InChI=1S/C17H14F3NO2S/c1-23-16(22)13-6-2-4-11(8-13)10-21-15(24)12-5-3-7-14(9-12)17(18,19)20/h2-9H,10H2,1H3,(H,21,24). The summed E-state index contributed by atoms with van der Waals surface area (Å²) in [5.74, 6) is -0.461. The largest absolute Gasteiger partial charge is 0.465 e. The highest BCUT2D eigenvalue weighted by Crippen LogP contribution is 2.29. The quantitative estimate of drug-likeness (QED) is 0.667. The van der Waals surface area contributed by atoms with Crippen LogP contribution in [0.25, 0.3) is 0 Å². The van der Waals surface area contributed by atoms with Crippen LogP contribution >= 0.6 is 12.2 Å². The first-order valence-corrected chi connectivity index (χ1v) is 7.35. The number of rotatable bonds is 4. The smallest absolute Gasteiger partial charge is 0.416 e. The van der Waals surface area contributed by atoms with Crippen molar-refractivity contribution < 1.29 is 22.7 Å². The van der Waals surface area contributed by atoms with E-state index in [2.05, 4.69) is 10.1 Å². The van der Waals surface area contributed by atoms with Gasteiger partial charge in [-0.15, -0.1) is 0 Å². The second-order valence-corrected chi connectivity index (χ2v) is 5.36. The molecule has 0 unspecified atom stereocenters. The molecule has 0 saturated carbocycles. The lowest BCUT2D eigenvalue weighted by atomic mass is 10.1.